The molecule has 0 aliphatic carbocycles. The van der Waals surface area contributed by atoms with Gasteiger partial charge in [0.25, 0.3) is 0 Å². The predicted molar refractivity (Wildman–Crippen MR) is 140 cm³/mol. The van der Waals surface area contributed by atoms with Gasteiger partial charge in [0.05, 0.1) is 12.4 Å². The number of rotatable bonds is 8. The molecule has 4 aromatic rings. The lowest BCUT2D eigenvalue weighted by Gasteiger charge is -2.09. The van der Waals surface area contributed by atoms with Crippen LogP contribution in [0.1, 0.15) is 22.3 Å². The highest BCUT2D eigenvalue weighted by Gasteiger charge is 2.05. The Morgan fingerprint density at radius 2 is 1.26 bits per heavy atom. The van der Waals surface area contributed by atoms with E-state index in [0.29, 0.717) is 11.6 Å². The second-order valence-corrected chi connectivity index (χ2v) is 7.78. The number of para-hydroxylation sites is 1. The minimum absolute atomic E-state index is 0.233. The number of aromatic hydroxyl groups is 2. The van der Waals surface area contributed by atoms with Crippen molar-refractivity contribution in [3.8, 4) is 11.5 Å². The summed E-state index contributed by atoms with van der Waals surface area (Å²) in [5, 5.41) is 31.1. The fraction of sp³-hybridized carbons (Fsp3) is 0.0769. The number of hydrogen-bond donors (Lipinski definition) is 5. The summed E-state index contributed by atoms with van der Waals surface area (Å²) < 4.78 is 0. The maximum absolute atomic E-state index is 9.69. The lowest BCUT2D eigenvalue weighted by Crippen LogP contribution is -2.04. The molecule has 0 saturated carbocycles. The third-order valence-corrected chi connectivity index (χ3v) is 4.98. The molecule has 0 unspecified atom stereocenters. The van der Waals surface area contributed by atoms with E-state index in [2.05, 4.69) is 36.3 Å². The number of aromatic nitrogens is 2. The van der Waals surface area contributed by atoms with Crippen LogP contribution in [-0.2, 0) is 0 Å². The highest BCUT2D eigenvalue weighted by molar-refractivity contribution is 5.81. The quantitative estimate of drug-likeness (QED) is 0.179. The number of hydrogen-bond acceptors (Lipinski definition) is 9. The number of hydrazone groups is 2. The molecule has 0 spiro atoms. The van der Waals surface area contributed by atoms with E-state index in [-0.39, 0.29) is 17.4 Å². The van der Waals surface area contributed by atoms with Crippen LogP contribution in [0.25, 0.3) is 0 Å². The number of anilines is 4. The minimum atomic E-state index is 0.233. The van der Waals surface area contributed by atoms with Gasteiger partial charge in [0.1, 0.15) is 17.3 Å². The van der Waals surface area contributed by atoms with E-state index in [0.717, 1.165) is 27.9 Å². The predicted octanol–water partition coefficient (Wildman–Crippen LogP) is 5.14. The lowest BCUT2D eigenvalue weighted by atomic mass is 10.1. The molecule has 9 nitrogen and oxygen atoms in total. The summed E-state index contributed by atoms with van der Waals surface area (Å²) in [6.07, 6.45) is 3.25. The number of benzene rings is 3. The van der Waals surface area contributed by atoms with Gasteiger partial charge in [-0.1, -0.05) is 18.2 Å². The first-order valence-corrected chi connectivity index (χ1v) is 10.8. The van der Waals surface area contributed by atoms with E-state index in [1.54, 1.807) is 42.8 Å². The van der Waals surface area contributed by atoms with Crippen LogP contribution in [0.3, 0.4) is 0 Å². The van der Waals surface area contributed by atoms with Crippen molar-refractivity contribution in [2.45, 2.75) is 13.8 Å². The van der Waals surface area contributed by atoms with Gasteiger partial charge in [-0.25, -0.2) is 5.43 Å². The first-order valence-electron chi connectivity index (χ1n) is 10.8. The molecule has 0 fully saturated rings. The summed E-state index contributed by atoms with van der Waals surface area (Å²) >= 11 is 0. The maximum Gasteiger partial charge on any atom is 0.247 e. The molecule has 0 aliphatic heterocycles. The lowest BCUT2D eigenvalue weighted by molar-refractivity contribution is 0.470. The second kappa shape index (κ2) is 10.8. The Balaban J connectivity index is 1.53. The summed E-state index contributed by atoms with van der Waals surface area (Å²) in [5.74, 6) is 1.72. The van der Waals surface area contributed by atoms with Crippen LogP contribution in [0.4, 0.5) is 23.3 Å². The van der Waals surface area contributed by atoms with E-state index in [9.17, 15) is 10.2 Å². The van der Waals surface area contributed by atoms with Crippen LogP contribution < -0.4 is 16.2 Å². The fourth-order valence-electron chi connectivity index (χ4n) is 3.14. The molecule has 0 amide bonds. The molecule has 1 heterocycles. The summed E-state index contributed by atoms with van der Waals surface area (Å²) in [7, 11) is 0. The van der Waals surface area contributed by atoms with E-state index in [1.165, 1.54) is 0 Å². The van der Waals surface area contributed by atoms with Crippen LogP contribution >= 0.6 is 0 Å². The minimum Gasteiger partial charge on any atom is -0.508 e. The van der Waals surface area contributed by atoms with Crippen LogP contribution in [0.5, 0.6) is 11.5 Å². The fourth-order valence-corrected chi connectivity index (χ4v) is 3.14. The highest BCUT2D eigenvalue weighted by atomic mass is 16.3. The van der Waals surface area contributed by atoms with E-state index >= 15 is 0 Å². The smallest absolute Gasteiger partial charge is 0.247 e. The zero-order valence-corrected chi connectivity index (χ0v) is 19.3. The van der Waals surface area contributed by atoms with Gasteiger partial charge >= 0.3 is 0 Å². The van der Waals surface area contributed by atoms with E-state index in [4.69, 9.17) is 0 Å². The second-order valence-electron chi connectivity index (χ2n) is 7.78. The van der Waals surface area contributed by atoms with Crippen LogP contribution in [0, 0.1) is 13.8 Å². The molecule has 0 bridgehead atoms. The van der Waals surface area contributed by atoms with Gasteiger partial charge in [0.15, 0.2) is 5.82 Å². The molecular weight excluding hydrogens is 442 g/mol. The number of phenols is 2. The Kier molecular flexibility index (Phi) is 7.17. The molecule has 0 aliphatic rings. The highest BCUT2D eigenvalue weighted by Crippen LogP contribution is 2.20. The van der Waals surface area contributed by atoms with Gasteiger partial charge < -0.3 is 15.5 Å². The topological polar surface area (TPSA) is 127 Å². The third kappa shape index (κ3) is 6.55. The molecule has 0 radical (unpaired) electrons. The van der Waals surface area contributed by atoms with Crippen molar-refractivity contribution in [2.75, 3.05) is 16.2 Å². The maximum atomic E-state index is 9.69. The average molecular weight is 468 g/mol. The Bertz CT molecular complexity index is 1290. The molecule has 3 aromatic carbocycles. The first-order chi connectivity index (χ1) is 17.0. The standard InChI is InChI=1S/C26H25N7O2/c1-17-12-19(8-10-22(17)34)15-27-32-25-14-24(29-21-6-4-3-5-7-21)30-26(31-25)33-28-16-20-9-11-23(35)18(2)13-20/h3-16,34-35H,1-2H3,(H3,29,30,31,32,33). The zero-order valence-electron chi connectivity index (χ0n) is 19.3. The van der Waals surface area contributed by atoms with Crippen molar-refractivity contribution in [2.24, 2.45) is 10.2 Å². The molecule has 4 rings (SSSR count). The molecule has 1 aromatic heterocycles. The van der Waals surface area contributed by atoms with Gasteiger partial charge in [-0.3, -0.25) is 5.43 Å². The molecular formula is C26H25N7O2. The van der Waals surface area contributed by atoms with Crippen molar-refractivity contribution in [3.05, 3.63) is 95.1 Å². The Hall–Kier alpha value is -4.92. The first kappa shape index (κ1) is 23.2. The van der Waals surface area contributed by atoms with Gasteiger partial charge in [0, 0.05) is 11.8 Å². The summed E-state index contributed by atoms with van der Waals surface area (Å²) in [6, 6.07) is 21.8. The van der Waals surface area contributed by atoms with Gasteiger partial charge in [-0.05, 0) is 84.6 Å². The van der Waals surface area contributed by atoms with Crippen LogP contribution in [0.2, 0.25) is 0 Å². The largest absolute Gasteiger partial charge is 0.508 e. The van der Waals surface area contributed by atoms with Crippen LogP contribution in [0.15, 0.2) is 83.0 Å². The Labute approximate surface area is 202 Å². The van der Waals surface area contributed by atoms with E-state index < -0.39 is 0 Å². The normalized spacial score (nSPS) is 11.1. The molecule has 35 heavy (non-hydrogen) atoms. The van der Waals surface area contributed by atoms with Crippen molar-refractivity contribution in [1.82, 2.24) is 9.97 Å². The number of aryl methyl sites for hydroxylation is 2. The van der Waals surface area contributed by atoms with Gasteiger partial charge in [0.2, 0.25) is 5.95 Å². The molecule has 5 N–H and O–H groups in total. The van der Waals surface area contributed by atoms with Gasteiger partial charge in [-0.15, -0.1) is 0 Å². The SMILES string of the molecule is Cc1cc(C=NNc2cc(Nc3ccccc3)nc(NN=Cc3ccc(O)c(C)c3)n2)ccc1O. The molecule has 176 valence electrons. The van der Waals surface area contributed by atoms with Crippen molar-refractivity contribution >= 4 is 35.7 Å². The third-order valence-electron chi connectivity index (χ3n) is 4.98. The van der Waals surface area contributed by atoms with Crippen molar-refractivity contribution < 1.29 is 10.2 Å². The molecule has 9 heteroatoms. The average Bonchev–Trinajstić information content (AvgIpc) is 2.84. The summed E-state index contributed by atoms with van der Waals surface area (Å²) in [4.78, 5) is 8.89. The van der Waals surface area contributed by atoms with Crippen molar-refractivity contribution in [3.63, 3.8) is 0 Å². The Morgan fingerprint density at radius 1 is 0.686 bits per heavy atom. The van der Waals surface area contributed by atoms with Crippen LogP contribution in [-0.4, -0.2) is 32.6 Å². The number of phenolic OH excluding ortho intramolecular Hbond substituents is 2. The van der Waals surface area contributed by atoms with E-state index in [1.807, 2.05) is 56.3 Å². The van der Waals surface area contributed by atoms with Crippen molar-refractivity contribution in [1.29, 1.82) is 0 Å². The molecule has 0 saturated heterocycles. The monoisotopic (exact) mass is 467 g/mol. The zero-order chi connectivity index (χ0) is 24.6. The summed E-state index contributed by atoms with van der Waals surface area (Å²) in [6.45, 7) is 3.64. The molecule has 0 atom stereocenters. The summed E-state index contributed by atoms with van der Waals surface area (Å²) in [5.41, 5.74) is 9.79. The van der Waals surface area contributed by atoms with Gasteiger partial charge in [-0.2, -0.15) is 20.2 Å². The number of nitrogens with one attached hydrogen (secondary N) is 3. The number of nitrogens with zero attached hydrogens (tertiary/aromatic N) is 4. The Morgan fingerprint density at radius 3 is 1.86 bits per heavy atom.